The summed E-state index contributed by atoms with van der Waals surface area (Å²) in [6, 6.07) is 0. The highest BCUT2D eigenvalue weighted by Crippen LogP contribution is 2.35. The minimum atomic E-state index is -0.360. The van der Waals surface area contributed by atoms with E-state index in [-0.39, 0.29) is 29.3 Å². The molecule has 0 aromatic rings. The molecule has 0 radical (unpaired) electrons. The van der Waals surface area contributed by atoms with Crippen molar-refractivity contribution in [2.45, 2.75) is 65.9 Å². The summed E-state index contributed by atoms with van der Waals surface area (Å²) in [6.07, 6.45) is 4.32. The molecule has 0 spiro atoms. The van der Waals surface area contributed by atoms with E-state index in [4.69, 9.17) is 9.47 Å². The Hall–Kier alpha value is -0.740. The molecule has 2 aliphatic heterocycles. The van der Waals surface area contributed by atoms with Gasteiger partial charge in [-0.2, -0.15) is 0 Å². The van der Waals surface area contributed by atoms with E-state index in [1.54, 1.807) is 0 Å². The lowest BCUT2D eigenvalue weighted by atomic mass is 9.74. The van der Waals surface area contributed by atoms with Crippen LogP contribution in [0.15, 0.2) is 0 Å². The Balaban J connectivity index is 1.84. The van der Waals surface area contributed by atoms with Crippen LogP contribution in [0, 0.1) is 23.2 Å². The molecule has 2 rings (SSSR count). The lowest BCUT2D eigenvalue weighted by molar-refractivity contribution is -0.140. The molecule has 2 fully saturated rings. The molecule has 4 heteroatoms. The molecule has 2 heterocycles. The van der Waals surface area contributed by atoms with Gasteiger partial charge in [-0.1, -0.05) is 27.7 Å². The summed E-state index contributed by atoms with van der Waals surface area (Å²) in [4.78, 5) is 24.8. The zero-order valence-corrected chi connectivity index (χ0v) is 15.1. The van der Waals surface area contributed by atoms with Crippen LogP contribution in [0.3, 0.4) is 0 Å². The molecule has 0 aromatic heterocycles. The van der Waals surface area contributed by atoms with Crippen LogP contribution in [0.25, 0.3) is 0 Å². The molecule has 0 amide bonds. The zero-order chi connectivity index (χ0) is 17.0. The Morgan fingerprint density at radius 1 is 1.04 bits per heavy atom. The lowest BCUT2D eigenvalue weighted by Crippen LogP contribution is -2.40. The first-order valence-corrected chi connectivity index (χ1v) is 9.08. The van der Waals surface area contributed by atoms with Crippen LogP contribution >= 0.6 is 0 Å². The predicted molar refractivity (Wildman–Crippen MR) is 89.3 cm³/mol. The van der Waals surface area contributed by atoms with Crippen molar-refractivity contribution in [2.75, 3.05) is 19.8 Å². The van der Waals surface area contributed by atoms with Gasteiger partial charge in [0.25, 0.3) is 0 Å². The Kier molecular flexibility index (Phi) is 6.38. The zero-order valence-electron chi connectivity index (χ0n) is 15.1. The topological polar surface area (TPSA) is 52.6 Å². The maximum atomic E-state index is 12.8. The first-order valence-electron chi connectivity index (χ1n) is 9.08. The van der Waals surface area contributed by atoms with Crippen molar-refractivity contribution in [1.82, 2.24) is 0 Å². The molecule has 0 aromatic carbocycles. The van der Waals surface area contributed by atoms with Crippen molar-refractivity contribution in [1.29, 1.82) is 0 Å². The highest BCUT2D eigenvalue weighted by Gasteiger charge is 2.38. The van der Waals surface area contributed by atoms with E-state index in [9.17, 15) is 9.59 Å². The summed E-state index contributed by atoms with van der Waals surface area (Å²) in [6.45, 7) is 9.90. The fraction of sp³-hybridized carbons (Fsp3) is 0.895. The van der Waals surface area contributed by atoms with Crippen LogP contribution in [-0.4, -0.2) is 37.5 Å². The van der Waals surface area contributed by atoms with Crippen LogP contribution in [0.1, 0.15) is 59.8 Å². The van der Waals surface area contributed by atoms with Crippen LogP contribution in [-0.2, 0) is 19.1 Å². The molecule has 2 saturated heterocycles. The van der Waals surface area contributed by atoms with Gasteiger partial charge in [-0.05, 0) is 32.1 Å². The first kappa shape index (κ1) is 18.6. The second-order valence-corrected chi connectivity index (χ2v) is 8.13. The molecule has 4 nitrogen and oxygen atoms in total. The number of Topliss-reactive ketones (excluding diaryl/α,β-unsaturated/α-hetero) is 2. The van der Waals surface area contributed by atoms with Crippen molar-refractivity contribution in [2.24, 2.45) is 23.2 Å². The molecule has 0 saturated carbocycles. The average molecular weight is 324 g/mol. The Bertz CT molecular complexity index is 413. The molecule has 23 heavy (non-hydrogen) atoms. The van der Waals surface area contributed by atoms with Crippen molar-refractivity contribution >= 4 is 11.6 Å². The highest BCUT2D eigenvalue weighted by atomic mass is 16.5. The van der Waals surface area contributed by atoms with E-state index >= 15 is 0 Å². The maximum Gasteiger partial charge on any atom is 0.141 e. The fourth-order valence-electron chi connectivity index (χ4n) is 3.84. The monoisotopic (exact) mass is 324 g/mol. The number of rotatable bonds is 6. The van der Waals surface area contributed by atoms with Crippen molar-refractivity contribution in [3.63, 3.8) is 0 Å². The van der Waals surface area contributed by atoms with Crippen molar-refractivity contribution in [3.05, 3.63) is 0 Å². The van der Waals surface area contributed by atoms with Crippen molar-refractivity contribution in [3.8, 4) is 0 Å². The van der Waals surface area contributed by atoms with Crippen LogP contribution in [0.2, 0.25) is 0 Å². The lowest BCUT2D eigenvalue weighted by Gasteiger charge is -2.36. The summed E-state index contributed by atoms with van der Waals surface area (Å²) >= 11 is 0. The van der Waals surface area contributed by atoms with E-state index in [1.807, 2.05) is 27.7 Å². The summed E-state index contributed by atoms with van der Waals surface area (Å²) in [5.41, 5.74) is -0.360. The molecule has 2 unspecified atom stereocenters. The van der Waals surface area contributed by atoms with Gasteiger partial charge >= 0.3 is 0 Å². The summed E-state index contributed by atoms with van der Waals surface area (Å²) in [5, 5.41) is 0. The molecular formula is C19H32O4. The second-order valence-electron chi connectivity index (χ2n) is 8.13. The number of carbonyl (C=O) groups is 2. The highest BCUT2D eigenvalue weighted by molar-refractivity contribution is 5.86. The van der Waals surface area contributed by atoms with E-state index in [1.165, 1.54) is 0 Å². The molecule has 0 bridgehead atoms. The van der Waals surface area contributed by atoms with Gasteiger partial charge in [-0.3, -0.25) is 9.59 Å². The third kappa shape index (κ3) is 4.87. The van der Waals surface area contributed by atoms with Gasteiger partial charge < -0.3 is 9.47 Å². The van der Waals surface area contributed by atoms with E-state index in [0.29, 0.717) is 31.4 Å². The molecule has 132 valence electrons. The molecule has 2 aliphatic rings. The minimum absolute atomic E-state index is 0.0422. The number of ether oxygens (including phenoxy) is 2. The third-order valence-electron chi connectivity index (χ3n) is 5.34. The van der Waals surface area contributed by atoms with Crippen LogP contribution in [0.5, 0.6) is 0 Å². The summed E-state index contributed by atoms with van der Waals surface area (Å²) in [7, 11) is 0. The largest absolute Gasteiger partial charge is 0.381 e. The van der Waals surface area contributed by atoms with Gasteiger partial charge in [0.15, 0.2) is 0 Å². The van der Waals surface area contributed by atoms with Gasteiger partial charge in [-0.15, -0.1) is 0 Å². The fourth-order valence-corrected chi connectivity index (χ4v) is 3.84. The molecule has 0 N–H and O–H groups in total. The smallest absolute Gasteiger partial charge is 0.141 e. The average Bonchev–Trinajstić information content (AvgIpc) is 2.54. The number of hydrogen-bond donors (Lipinski definition) is 0. The quantitative estimate of drug-likeness (QED) is 0.751. The maximum absolute atomic E-state index is 12.8. The van der Waals surface area contributed by atoms with Gasteiger partial charge in [-0.25, -0.2) is 0 Å². The number of carbonyl (C=O) groups excluding carboxylic acids is 2. The SMILES string of the molecule is CC(C)C(=O)C1CCC(CC(C)(C)C(=O)C2CCOCC2)OC1. The third-order valence-corrected chi connectivity index (χ3v) is 5.34. The van der Waals surface area contributed by atoms with Gasteiger partial charge in [0.05, 0.1) is 12.7 Å². The van der Waals surface area contributed by atoms with Gasteiger partial charge in [0.1, 0.15) is 11.6 Å². The minimum Gasteiger partial charge on any atom is -0.381 e. The normalized spacial score (nSPS) is 27.2. The summed E-state index contributed by atoms with van der Waals surface area (Å²) in [5.74, 6) is 0.913. The van der Waals surface area contributed by atoms with E-state index in [0.717, 1.165) is 32.1 Å². The molecule has 2 atom stereocenters. The summed E-state index contributed by atoms with van der Waals surface area (Å²) < 4.78 is 11.3. The van der Waals surface area contributed by atoms with Crippen molar-refractivity contribution < 1.29 is 19.1 Å². The van der Waals surface area contributed by atoms with Gasteiger partial charge in [0, 0.05) is 36.4 Å². The molecular weight excluding hydrogens is 292 g/mol. The van der Waals surface area contributed by atoms with E-state index in [2.05, 4.69) is 0 Å². The number of ketones is 2. The van der Waals surface area contributed by atoms with Gasteiger partial charge in [0.2, 0.25) is 0 Å². The first-order chi connectivity index (χ1) is 10.8. The Labute approximate surface area is 140 Å². The van der Waals surface area contributed by atoms with E-state index < -0.39 is 0 Å². The van der Waals surface area contributed by atoms with Crippen LogP contribution < -0.4 is 0 Å². The van der Waals surface area contributed by atoms with Crippen LogP contribution in [0.4, 0.5) is 0 Å². The standard InChI is InChI=1S/C19H32O4/c1-13(2)17(20)15-5-6-16(23-12-15)11-19(3,4)18(21)14-7-9-22-10-8-14/h13-16H,5-12H2,1-4H3. The molecule has 0 aliphatic carbocycles. The second kappa shape index (κ2) is 7.89. The number of hydrogen-bond acceptors (Lipinski definition) is 4. The Morgan fingerprint density at radius 2 is 1.70 bits per heavy atom. The predicted octanol–water partition coefficient (Wildman–Crippen LogP) is 3.42. The Morgan fingerprint density at radius 3 is 2.22 bits per heavy atom.